The van der Waals surface area contributed by atoms with Crippen LogP contribution in [0, 0.1) is 0 Å². The molecule has 1 heterocycles. The van der Waals surface area contributed by atoms with Crippen LogP contribution in [0.5, 0.6) is 0 Å². The molecule has 5 heteroatoms. The highest BCUT2D eigenvalue weighted by molar-refractivity contribution is 8.14. The number of hydrogen-bond acceptors (Lipinski definition) is 3. The number of benzene rings is 2. The molecule has 0 aliphatic carbocycles. The second kappa shape index (κ2) is 5.55. The maximum atomic E-state index is 5.85. The second-order valence-electron chi connectivity index (χ2n) is 4.04. The molecule has 2 aromatic rings. The predicted molar refractivity (Wildman–Crippen MR) is 83.1 cm³/mol. The lowest BCUT2D eigenvalue weighted by Crippen LogP contribution is -2.32. The van der Waals surface area contributed by atoms with E-state index in [1.165, 1.54) is 0 Å². The van der Waals surface area contributed by atoms with Crippen LogP contribution in [0.3, 0.4) is 0 Å². The Morgan fingerprint density at radius 1 is 1.05 bits per heavy atom. The first-order chi connectivity index (χ1) is 9.31. The molecular weight excluding hydrogens is 278 g/mol. The van der Waals surface area contributed by atoms with Crippen LogP contribution in [0.25, 0.3) is 0 Å². The molecule has 0 bridgehead atoms. The number of thioether (sulfide) groups is 1. The molecule has 96 valence electrons. The lowest BCUT2D eigenvalue weighted by atomic mass is 10.3. The van der Waals surface area contributed by atoms with Crippen molar-refractivity contribution in [2.24, 2.45) is 4.99 Å². The van der Waals surface area contributed by atoms with Crippen LogP contribution in [0.2, 0.25) is 5.02 Å². The van der Waals surface area contributed by atoms with E-state index >= 15 is 0 Å². The van der Waals surface area contributed by atoms with Gasteiger partial charge in [-0.3, -0.25) is 10.4 Å². The number of hydrogen-bond donors (Lipinski definition) is 1. The molecule has 0 spiro atoms. The van der Waals surface area contributed by atoms with Crippen molar-refractivity contribution in [3.8, 4) is 0 Å². The summed E-state index contributed by atoms with van der Waals surface area (Å²) >= 11 is 7.53. The Labute approximate surface area is 121 Å². The Hall–Kier alpha value is -1.65. The number of aliphatic imine (C=N–C) groups is 1. The van der Waals surface area contributed by atoms with Crippen LogP contribution in [0.15, 0.2) is 59.6 Å². The van der Waals surface area contributed by atoms with Gasteiger partial charge in [-0.1, -0.05) is 41.6 Å². The average Bonchev–Trinajstić information content (AvgIpc) is 2.91. The fourth-order valence-electron chi connectivity index (χ4n) is 1.74. The molecule has 2 aromatic carbocycles. The SMILES string of the molecule is Clc1ccc(N=C2NN(c3ccccc3)CS2)cc1. The molecule has 0 saturated carbocycles. The molecule has 3 rings (SSSR count). The number of nitrogens with one attached hydrogen (secondary N) is 1. The van der Waals surface area contributed by atoms with Gasteiger partial charge in [-0.25, -0.2) is 4.99 Å². The molecule has 19 heavy (non-hydrogen) atoms. The standard InChI is InChI=1S/C14H12ClN3S/c15-11-6-8-12(9-7-11)16-14-17-18(10-19-14)13-4-2-1-3-5-13/h1-9H,10H2,(H,16,17). The normalized spacial score (nSPS) is 16.7. The number of hydrazine groups is 1. The molecule has 1 N–H and O–H groups in total. The number of nitrogens with zero attached hydrogens (tertiary/aromatic N) is 2. The van der Waals surface area contributed by atoms with E-state index in [-0.39, 0.29) is 0 Å². The third kappa shape index (κ3) is 3.03. The lowest BCUT2D eigenvalue weighted by Gasteiger charge is -2.16. The van der Waals surface area contributed by atoms with Gasteiger partial charge in [-0.05, 0) is 36.4 Å². The Balaban J connectivity index is 1.74. The van der Waals surface area contributed by atoms with Crippen LogP contribution in [0.4, 0.5) is 11.4 Å². The van der Waals surface area contributed by atoms with E-state index in [1.54, 1.807) is 11.8 Å². The molecule has 0 unspecified atom stereocenters. The van der Waals surface area contributed by atoms with Gasteiger partial charge >= 0.3 is 0 Å². The highest BCUT2D eigenvalue weighted by atomic mass is 35.5. The zero-order valence-corrected chi connectivity index (χ0v) is 11.7. The number of para-hydroxylation sites is 1. The first-order valence-electron chi connectivity index (χ1n) is 5.87. The Kier molecular flexibility index (Phi) is 3.62. The molecule has 1 aliphatic rings. The summed E-state index contributed by atoms with van der Waals surface area (Å²) in [6.07, 6.45) is 0. The minimum Gasteiger partial charge on any atom is -0.276 e. The number of amidine groups is 1. The maximum Gasteiger partial charge on any atom is 0.182 e. The summed E-state index contributed by atoms with van der Waals surface area (Å²) in [7, 11) is 0. The zero-order valence-electron chi connectivity index (χ0n) is 10.1. The Morgan fingerprint density at radius 3 is 2.53 bits per heavy atom. The molecular formula is C14H12ClN3S. The summed E-state index contributed by atoms with van der Waals surface area (Å²) in [4.78, 5) is 4.54. The minimum atomic E-state index is 0.724. The quantitative estimate of drug-likeness (QED) is 0.904. The van der Waals surface area contributed by atoms with Gasteiger partial charge in [0.15, 0.2) is 5.17 Å². The van der Waals surface area contributed by atoms with E-state index < -0.39 is 0 Å². The molecule has 1 fully saturated rings. The fraction of sp³-hybridized carbons (Fsp3) is 0.0714. The van der Waals surface area contributed by atoms with Crippen LogP contribution in [-0.2, 0) is 0 Å². The Morgan fingerprint density at radius 2 is 1.79 bits per heavy atom. The number of anilines is 1. The first kappa shape index (κ1) is 12.4. The minimum absolute atomic E-state index is 0.724. The molecule has 1 saturated heterocycles. The van der Waals surface area contributed by atoms with Crippen molar-refractivity contribution in [3.05, 3.63) is 59.6 Å². The summed E-state index contributed by atoms with van der Waals surface area (Å²) in [5.41, 5.74) is 5.32. The topological polar surface area (TPSA) is 27.6 Å². The van der Waals surface area contributed by atoms with Gasteiger partial charge in [0.2, 0.25) is 0 Å². The molecule has 0 amide bonds. The molecule has 0 aromatic heterocycles. The average molecular weight is 290 g/mol. The van der Waals surface area contributed by atoms with Crippen molar-refractivity contribution in [2.45, 2.75) is 0 Å². The second-order valence-corrected chi connectivity index (χ2v) is 5.41. The van der Waals surface area contributed by atoms with Gasteiger partial charge < -0.3 is 0 Å². The lowest BCUT2D eigenvalue weighted by molar-refractivity contribution is 0.890. The van der Waals surface area contributed by atoms with Crippen molar-refractivity contribution in [2.75, 3.05) is 10.9 Å². The van der Waals surface area contributed by atoms with Crippen molar-refractivity contribution in [1.82, 2.24) is 5.43 Å². The third-order valence-corrected chi connectivity index (χ3v) is 3.78. The number of rotatable bonds is 2. The van der Waals surface area contributed by atoms with E-state index in [0.29, 0.717) is 0 Å². The fourth-order valence-corrected chi connectivity index (χ4v) is 2.68. The van der Waals surface area contributed by atoms with Crippen LogP contribution < -0.4 is 10.4 Å². The molecule has 3 nitrogen and oxygen atoms in total. The van der Waals surface area contributed by atoms with E-state index in [9.17, 15) is 0 Å². The van der Waals surface area contributed by atoms with Crippen molar-refractivity contribution in [3.63, 3.8) is 0 Å². The summed E-state index contributed by atoms with van der Waals surface area (Å²) in [5.74, 6) is 0.844. The highest BCUT2D eigenvalue weighted by Crippen LogP contribution is 2.24. The van der Waals surface area contributed by atoms with E-state index in [4.69, 9.17) is 11.6 Å². The van der Waals surface area contributed by atoms with Crippen LogP contribution in [0.1, 0.15) is 0 Å². The predicted octanol–water partition coefficient (Wildman–Crippen LogP) is 4.04. The van der Waals surface area contributed by atoms with E-state index in [2.05, 4.69) is 27.6 Å². The smallest absolute Gasteiger partial charge is 0.182 e. The monoisotopic (exact) mass is 289 g/mol. The zero-order chi connectivity index (χ0) is 13.1. The van der Waals surface area contributed by atoms with Gasteiger partial charge in [0.25, 0.3) is 0 Å². The molecule has 0 radical (unpaired) electrons. The van der Waals surface area contributed by atoms with Gasteiger partial charge in [-0.2, -0.15) is 0 Å². The Bertz CT molecular complexity index is 583. The van der Waals surface area contributed by atoms with Gasteiger partial charge in [0, 0.05) is 5.02 Å². The summed E-state index contributed by atoms with van der Waals surface area (Å²) in [6.45, 7) is 0. The third-order valence-electron chi connectivity index (χ3n) is 2.69. The molecule has 1 aliphatic heterocycles. The summed E-state index contributed by atoms with van der Waals surface area (Å²) in [5, 5.41) is 3.69. The summed E-state index contributed by atoms with van der Waals surface area (Å²) < 4.78 is 0. The van der Waals surface area contributed by atoms with Gasteiger partial charge in [-0.15, -0.1) is 0 Å². The van der Waals surface area contributed by atoms with Crippen molar-refractivity contribution >= 4 is 39.9 Å². The van der Waals surface area contributed by atoms with Crippen molar-refractivity contribution in [1.29, 1.82) is 0 Å². The van der Waals surface area contributed by atoms with Crippen molar-refractivity contribution < 1.29 is 0 Å². The van der Waals surface area contributed by atoms with Gasteiger partial charge in [0.1, 0.15) is 0 Å². The van der Waals surface area contributed by atoms with E-state index in [1.807, 2.05) is 42.5 Å². The summed E-state index contributed by atoms with van der Waals surface area (Å²) in [6, 6.07) is 17.7. The van der Waals surface area contributed by atoms with Crippen LogP contribution >= 0.6 is 23.4 Å². The van der Waals surface area contributed by atoms with E-state index in [0.717, 1.165) is 27.4 Å². The first-order valence-corrected chi connectivity index (χ1v) is 7.24. The highest BCUT2D eigenvalue weighted by Gasteiger charge is 2.17. The largest absolute Gasteiger partial charge is 0.276 e. The maximum absolute atomic E-state index is 5.85. The van der Waals surface area contributed by atoms with Gasteiger partial charge in [0.05, 0.1) is 17.3 Å². The van der Waals surface area contributed by atoms with Crippen LogP contribution in [-0.4, -0.2) is 11.0 Å². The molecule has 0 atom stereocenters. The number of halogens is 1.